The van der Waals surface area contributed by atoms with Crippen LogP contribution >= 0.6 is 0 Å². The standard InChI is InChI=1S/C21H25.C8H18Si.C5H5.2ClH.Zr/c1-20(2,3)16-7-9-18-14(12-16)11-15-13-17(21(4,5)6)8-10-19(15)18;1-7(2)5-9-6-8(3)4;1-2-4-5-3-1;;;/h7-10,12H,11H2,1-6H3;7-8H,5-6H2,1-4H3;1-3H,4H2;2*1H;/q-1;;-1;;;+2/p-2. The van der Waals surface area contributed by atoms with Crippen molar-refractivity contribution in [1.82, 2.24) is 0 Å². The molecule has 0 aliphatic heterocycles. The monoisotopic (exact) mass is 644 g/mol. The quantitative estimate of drug-likeness (QED) is 0.299. The van der Waals surface area contributed by atoms with Crippen LogP contribution in [-0.2, 0) is 40.6 Å². The van der Waals surface area contributed by atoms with Crippen molar-refractivity contribution in [2.75, 3.05) is 0 Å². The third-order valence-corrected chi connectivity index (χ3v) is 12.0. The molecule has 0 unspecified atom stereocenters. The maximum atomic E-state index is 3.67. The van der Waals surface area contributed by atoms with Crippen LogP contribution in [0.15, 0.2) is 48.6 Å². The zero-order valence-corrected chi connectivity index (χ0v) is 30.3. The fourth-order valence-electron chi connectivity index (χ4n) is 4.44. The van der Waals surface area contributed by atoms with Crippen LogP contribution in [0.3, 0.4) is 0 Å². The Balaban J connectivity index is 0.000000676. The molecule has 0 saturated carbocycles. The van der Waals surface area contributed by atoms with Gasteiger partial charge in [0.2, 0.25) is 0 Å². The first kappa shape index (κ1) is 37.6. The van der Waals surface area contributed by atoms with Crippen LogP contribution in [0.4, 0.5) is 0 Å². The molecule has 0 radical (unpaired) electrons. The second-order valence-corrected chi connectivity index (χ2v) is 20.4. The molecule has 2 aromatic carbocycles. The molecule has 0 saturated heterocycles. The molecule has 0 fully saturated rings. The Bertz CT molecular complexity index is 999. The second kappa shape index (κ2) is 16.8. The molecule has 2 aromatic rings. The van der Waals surface area contributed by atoms with Gasteiger partial charge < -0.3 is 24.8 Å². The number of hydrogen-bond donors (Lipinski definition) is 0. The van der Waals surface area contributed by atoms with E-state index in [9.17, 15) is 0 Å². The molecule has 0 spiro atoms. The fraction of sp³-hybridized carbons (Fsp3) is 0.529. The largest absolute Gasteiger partial charge is 1.00 e. The molecule has 0 atom stereocenters. The molecule has 0 nitrogen and oxygen atoms in total. The Kier molecular flexibility index (Phi) is 16.6. The van der Waals surface area contributed by atoms with Crippen molar-refractivity contribution >= 4 is 5.43 Å². The zero-order valence-electron chi connectivity index (χ0n) is 25.4. The van der Waals surface area contributed by atoms with Crippen LogP contribution in [0.1, 0.15) is 97.9 Å². The van der Waals surface area contributed by atoms with Gasteiger partial charge in [-0.2, -0.15) is 29.8 Å². The van der Waals surface area contributed by atoms with Crippen LogP contribution in [0.25, 0.3) is 11.1 Å². The van der Waals surface area contributed by atoms with Crippen molar-refractivity contribution in [2.24, 2.45) is 11.8 Å². The molecule has 38 heavy (non-hydrogen) atoms. The normalized spacial score (nSPS) is 13.0. The van der Waals surface area contributed by atoms with E-state index < -0.39 is 0 Å². The van der Waals surface area contributed by atoms with E-state index in [2.05, 4.69) is 118 Å². The SMILES string of the molecule is CC(C)(C)c1[c-]c2c(cc1)-c1ccc(C(C)(C)C)cc1C2.CC(C)C[Si](=[Zr+2])CC(C)C.[C-]1=CC=CC1.[Cl-].[Cl-]. The number of halogens is 2. The Morgan fingerprint density at radius 3 is 1.84 bits per heavy atom. The van der Waals surface area contributed by atoms with Gasteiger partial charge in [-0.25, -0.2) is 12.2 Å². The van der Waals surface area contributed by atoms with Crippen LogP contribution in [0.2, 0.25) is 12.1 Å². The molecule has 0 aromatic heterocycles. The van der Waals surface area contributed by atoms with Crippen LogP contribution in [-0.4, -0.2) is 5.43 Å². The number of fused-ring (bicyclic) bond motifs is 3. The minimum atomic E-state index is 0. The summed E-state index contributed by atoms with van der Waals surface area (Å²) in [5, 5.41) is 0. The molecule has 0 N–H and O–H groups in total. The van der Waals surface area contributed by atoms with Crippen molar-refractivity contribution in [1.29, 1.82) is 0 Å². The molecule has 0 heterocycles. The smallest absolute Gasteiger partial charge is 0.109 e. The van der Waals surface area contributed by atoms with Gasteiger partial charge in [-0.15, -0.1) is 17.5 Å². The summed E-state index contributed by atoms with van der Waals surface area (Å²) in [6.45, 7) is 23.0. The van der Waals surface area contributed by atoms with Gasteiger partial charge in [-0.1, -0.05) is 65.3 Å². The number of benzene rings is 2. The average Bonchev–Trinajstić information content (AvgIpc) is 3.42. The van der Waals surface area contributed by atoms with Gasteiger partial charge in [0.1, 0.15) is 0 Å². The summed E-state index contributed by atoms with van der Waals surface area (Å²) in [6.07, 6.45) is 11.0. The summed E-state index contributed by atoms with van der Waals surface area (Å²) in [6, 6.07) is 18.2. The molecule has 0 bridgehead atoms. The van der Waals surface area contributed by atoms with Crippen molar-refractivity contribution in [2.45, 2.75) is 105 Å². The molecule has 208 valence electrons. The summed E-state index contributed by atoms with van der Waals surface area (Å²) in [7, 11) is 0. The average molecular weight is 647 g/mol. The van der Waals surface area contributed by atoms with E-state index in [1.54, 1.807) is 0 Å². The van der Waals surface area contributed by atoms with Gasteiger partial charge in [0, 0.05) is 0 Å². The molecule has 4 heteroatoms. The second-order valence-electron chi connectivity index (χ2n) is 13.1. The summed E-state index contributed by atoms with van der Waals surface area (Å²) in [4.78, 5) is 0. The van der Waals surface area contributed by atoms with E-state index in [0.717, 1.165) is 24.7 Å². The first-order chi connectivity index (χ1) is 16.7. The van der Waals surface area contributed by atoms with Crippen LogP contribution in [0.5, 0.6) is 0 Å². The van der Waals surface area contributed by atoms with Gasteiger partial charge >= 0.3 is 80.4 Å². The van der Waals surface area contributed by atoms with E-state index in [4.69, 9.17) is 0 Å². The molecule has 2 aliphatic rings. The van der Waals surface area contributed by atoms with E-state index in [-0.39, 0.29) is 41.1 Å². The van der Waals surface area contributed by atoms with Gasteiger partial charge in [0.05, 0.1) is 0 Å². The van der Waals surface area contributed by atoms with E-state index in [0.29, 0.717) is 0 Å². The van der Waals surface area contributed by atoms with Crippen LogP contribution < -0.4 is 24.8 Å². The summed E-state index contributed by atoms with van der Waals surface area (Å²) >= 11 is 1.83. The van der Waals surface area contributed by atoms with E-state index in [1.165, 1.54) is 45.5 Å². The van der Waals surface area contributed by atoms with E-state index in [1.807, 2.05) is 35.5 Å². The van der Waals surface area contributed by atoms with E-state index >= 15 is 0 Å². The molecule has 0 amide bonds. The first-order valence-corrected chi connectivity index (χ1v) is 19.3. The maximum Gasteiger partial charge on any atom is -0.109 e. The number of allylic oxidation sites excluding steroid dienone is 4. The third-order valence-electron chi connectivity index (χ3n) is 6.36. The summed E-state index contributed by atoms with van der Waals surface area (Å²) < 4.78 is 0. The Hall–Kier alpha value is -0.400. The zero-order chi connectivity index (χ0) is 27.1. The molecular weight excluding hydrogens is 599 g/mol. The maximum absolute atomic E-state index is 3.67. The first-order valence-electron chi connectivity index (χ1n) is 13.7. The predicted octanol–water partition coefficient (Wildman–Crippen LogP) is 3.80. The van der Waals surface area contributed by atoms with Gasteiger partial charge in [0.15, 0.2) is 0 Å². The fourth-order valence-corrected chi connectivity index (χ4v) is 12.6. The Labute approximate surface area is 262 Å². The third kappa shape index (κ3) is 12.4. The molecule has 4 rings (SSSR count). The van der Waals surface area contributed by atoms with Crippen molar-refractivity contribution in [3.63, 3.8) is 0 Å². The Morgan fingerprint density at radius 2 is 1.42 bits per heavy atom. The minimum Gasteiger partial charge on any atom is -1.00 e. The minimum absolute atomic E-state index is 0. The topological polar surface area (TPSA) is 0 Å². The van der Waals surface area contributed by atoms with Gasteiger partial charge in [-0.3, -0.25) is 6.08 Å². The van der Waals surface area contributed by atoms with Crippen molar-refractivity contribution < 1.29 is 48.1 Å². The number of rotatable bonds is 4. The summed E-state index contributed by atoms with van der Waals surface area (Å²) in [5.41, 5.74) is 8.81. The molecule has 2 aliphatic carbocycles. The van der Waals surface area contributed by atoms with Crippen LogP contribution in [0, 0.1) is 24.0 Å². The molecular formula is C34H48Cl2SiZr-2. The number of hydrogen-bond acceptors (Lipinski definition) is 0. The van der Waals surface area contributed by atoms with Crippen molar-refractivity contribution in [3.05, 3.63) is 83.0 Å². The van der Waals surface area contributed by atoms with Gasteiger partial charge in [0.25, 0.3) is 0 Å². The van der Waals surface area contributed by atoms with Crippen molar-refractivity contribution in [3.8, 4) is 11.1 Å². The summed E-state index contributed by atoms with van der Waals surface area (Å²) in [5.74, 6) is 1.87. The van der Waals surface area contributed by atoms with Gasteiger partial charge in [-0.05, 0) is 28.4 Å². The Morgan fingerprint density at radius 1 is 0.842 bits per heavy atom. The predicted molar refractivity (Wildman–Crippen MR) is 158 cm³/mol.